The van der Waals surface area contributed by atoms with Crippen molar-refractivity contribution in [2.45, 2.75) is 109 Å². The minimum Gasteiger partial charge on any atom is -0.394 e. The molecule has 0 spiro atoms. The summed E-state index contributed by atoms with van der Waals surface area (Å²) in [6.45, 7) is 4.95. The molecule has 32 heavy (non-hydrogen) atoms. The van der Waals surface area contributed by atoms with Gasteiger partial charge in [-0.05, 0) is 92.8 Å². The number of allylic oxidation sites excluding steroid dienone is 2. The topological polar surface area (TPSA) is 69.6 Å². The Morgan fingerprint density at radius 3 is 2.53 bits per heavy atom. The molecule has 0 unspecified atom stereocenters. The molecule has 0 aromatic heterocycles. The molecule has 0 saturated heterocycles. The third-order valence-electron chi connectivity index (χ3n) is 10.7. The Labute approximate surface area is 193 Å². The van der Waals surface area contributed by atoms with Crippen molar-refractivity contribution in [3.63, 3.8) is 0 Å². The Bertz CT molecular complexity index is 809. The SMILES string of the molecule is C[C@]12CC[C@H](O)CC1=CC[C@@H]1[C@@H]2CC[C@]2(C)/C(=C/C(=O)NC3(CO)CCCCC3)CC[C@@H]12. The Hall–Kier alpha value is -1.13. The summed E-state index contributed by atoms with van der Waals surface area (Å²) >= 11 is 0. The van der Waals surface area contributed by atoms with E-state index >= 15 is 0 Å². The number of amides is 1. The Morgan fingerprint density at radius 2 is 1.78 bits per heavy atom. The van der Waals surface area contributed by atoms with Crippen LogP contribution in [0.5, 0.6) is 0 Å². The number of fused-ring (bicyclic) bond motifs is 5. The maximum absolute atomic E-state index is 13.1. The largest absolute Gasteiger partial charge is 0.394 e. The molecule has 4 nitrogen and oxygen atoms in total. The number of carbonyl (C=O) groups is 1. The fourth-order valence-corrected chi connectivity index (χ4v) is 8.73. The maximum Gasteiger partial charge on any atom is 0.244 e. The molecule has 0 radical (unpaired) electrons. The second-order valence-corrected chi connectivity index (χ2v) is 12.3. The molecule has 4 fully saturated rings. The molecule has 0 heterocycles. The summed E-state index contributed by atoms with van der Waals surface area (Å²) in [5.74, 6) is 2.09. The molecule has 0 aromatic rings. The van der Waals surface area contributed by atoms with E-state index in [4.69, 9.17) is 0 Å². The van der Waals surface area contributed by atoms with Crippen LogP contribution >= 0.6 is 0 Å². The smallest absolute Gasteiger partial charge is 0.244 e. The molecule has 6 atom stereocenters. The highest BCUT2D eigenvalue weighted by Crippen LogP contribution is 2.66. The highest BCUT2D eigenvalue weighted by molar-refractivity contribution is 5.89. The second-order valence-electron chi connectivity index (χ2n) is 12.3. The van der Waals surface area contributed by atoms with Crippen LogP contribution in [0.15, 0.2) is 23.3 Å². The van der Waals surface area contributed by atoms with Crippen LogP contribution in [0, 0.1) is 28.6 Å². The molecule has 4 saturated carbocycles. The van der Waals surface area contributed by atoms with Crippen LogP contribution in [0.3, 0.4) is 0 Å². The minimum atomic E-state index is -0.409. The predicted molar refractivity (Wildman–Crippen MR) is 127 cm³/mol. The summed E-state index contributed by atoms with van der Waals surface area (Å²) in [7, 11) is 0. The average molecular weight is 442 g/mol. The van der Waals surface area contributed by atoms with Gasteiger partial charge in [0.25, 0.3) is 0 Å². The summed E-state index contributed by atoms with van der Waals surface area (Å²) in [6.07, 6.45) is 18.2. The molecule has 5 rings (SSSR count). The average Bonchev–Trinajstić information content (AvgIpc) is 3.11. The molecule has 178 valence electrons. The summed E-state index contributed by atoms with van der Waals surface area (Å²) in [4.78, 5) is 13.1. The van der Waals surface area contributed by atoms with Gasteiger partial charge in [0.15, 0.2) is 0 Å². The molecule has 0 aromatic carbocycles. The Balaban J connectivity index is 1.34. The molecular weight excluding hydrogens is 398 g/mol. The van der Waals surface area contributed by atoms with Gasteiger partial charge in [-0.3, -0.25) is 4.79 Å². The van der Waals surface area contributed by atoms with Gasteiger partial charge in [-0.2, -0.15) is 0 Å². The first-order valence-corrected chi connectivity index (χ1v) is 13.3. The van der Waals surface area contributed by atoms with Crippen molar-refractivity contribution in [3.05, 3.63) is 23.3 Å². The molecular formula is C28H43NO3. The zero-order valence-corrected chi connectivity index (χ0v) is 20.2. The first-order valence-electron chi connectivity index (χ1n) is 13.3. The lowest BCUT2D eigenvalue weighted by Crippen LogP contribution is -2.52. The third-order valence-corrected chi connectivity index (χ3v) is 10.7. The summed E-state index contributed by atoms with van der Waals surface area (Å²) in [6, 6.07) is 0. The maximum atomic E-state index is 13.1. The van der Waals surface area contributed by atoms with Gasteiger partial charge in [0, 0.05) is 6.08 Å². The number of nitrogens with one attached hydrogen (secondary N) is 1. The molecule has 0 aliphatic heterocycles. The van der Waals surface area contributed by atoms with Crippen LogP contribution in [0.25, 0.3) is 0 Å². The Kier molecular flexibility index (Phi) is 5.85. The van der Waals surface area contributed by atoms with E-state index in [0.29, 0.717) is 11.8 Å². The van der Waals surface area contributed by atoms with E-state index in [2.05, 4.69) is 25.2 Å². The van der Waals surface area contributed by atoms with E-state index in [1.165, 1.54) is 36.8 Å². The number of hydrogen-bond acceptors (Lipinski definition) is 3. The van der Waals surface area contributed by atoms with Gasteiger partial charge in [-0.25, -0.2) is 0 Å². The van der Waals surface area contributed by atoms with Crippen LogP contribution in [0.1, 0.15) is 97.3 Å². The van der Waals surface area contributed by atoms with Crippen LogP contribution < -0.4 is 5.32 Å². The van der Waals surface area contributed by atoms with Crippen LogP contribution in [0.4, 0.5) is 0 Å². The first-order chi connectivity index (χ1) is 15.3. The molecule has 5 aliphatic rings. The molecule has 1 amide bonds. The van der Waals surface area contributed by atoms with Gasteiger partial charge in [-0.1, -0.05) is 50.3 Å². The number of carbonyl (C=O) groups excluding carboxylic acids is 1. The fraction of sp³-hybridized carbons (Fsp3) is 0.821. The first kappa shape index (κ1) is 22.7. The quantitative estimate of drug-likeness (QED) is 0.424. The zero-order chi connectivity index (χ0) is 22.6. The van der Waals surface area contributed by atoms with Gasteiger partial charge in [0.05, 0.1) is 18.2 Å². The molecule has 3 N–H and O–H groups in total. The number of hydrogen-bond donors (Lipinski definition) is 3. The number of rotatable bonds is 3. The lowest BCUT2D eigenvalue weighted by atomic mass is 9.48. The summed E-state index contributed by atoms with van der Waals surface area (Å²) in [5.41, 5.74) is 2.86. The van der Waals surface area contributed by atoms with Gasteiger partial charge < -0.3 is 15.5 Å². The van der Waals surface area contributed by atoms with Crippen molar-refractivity contribution < 1.29 is 15.0 Å². The lowest BCUT2D eigenvalue weighted by Gasteiger charge is -2.57. The van der Waals surface area contributed by atoms with Gasteiger partial charge >= 0.3 is 0 Å². The van der Waals surface area contributed by atoms with Crippen LogP contribution in [-0.4, -0.2) is 34.4 Å². The van der Waals surface area contributed by atoms with E-state index in [9.17, 15) is 15.0 Å². The lowest BCUT2D eigenvalue weighted by molar-refractivity contribution is -0.119. The van der Waals surface area contributed by atoms with Crippen molar-refractivity contribution in [1.29, 1.82) is 0 Å². The van der Waals surface area contributed by atoms with E-state index in [1.807, 2.05) is 6.08 Å². The summed E-state index contributed by atoms with van der Waals surface area (Å²) < 4.78 is 0. The number of aliphatic hydroxyl groups excluding tert-OH is 2. The third kappa shape index (κ3) is 3.60. The number of aliphatic hydroxyl groups is 2. The normalized spacial score (nSPS) is 44.2. The highest BCUT2D eigenvalue weighted by Gasteiger charge is 2.57. The molecule has 0 bridgehead atoms. The molecule has 5 aliphatic carbocycles. The van der Waals surface area contributed by atoms with Crippen molar-refractivity contribution in [2.24, 2.45) is 28.6 Å². The summed E-state index contributed by atoms with van der Waals surface area (Å²) in [5, 5.41) is 23.4. The van der Waals surface area contributed by atoms with Crippen molar-refractivity contribution >= 4 is 5.91 Å². The standard InChI is InChI=1S/C28H43NO3/c1-26-14-10-21(31)16-19(26)6-8-22-23-9-7-20(27(23,2)15-11-24(22)26)17-25(32)29-28(18-30)12-4-3-5-13-28/h6,17,21-24,30-31H,3-5,7-16,18H2,1-2H3,(H,29,32)/b20-17+/t21-,22-,23-,24-,26-,27+/m0/s1. The predicted octanol–water partition coefficient (Wildman–Crippen LogP) is 5.05. The molecule has 4 heteroatoms. The van der Waals surface area contributed by atoms with E-state index < -0.39 is 5.54 Å². The second kappa shape index (κ2) is 8.27. The van der Waals surface area contributed by atoms with Crippen LogP contribution in [-0.2, 0) is 4.79 Å². The van der Waals surface area contributed by atoms with E-state index in [-0.39, 0.29) is 29.4 Å². The van der Waals surface area contributed by atoms with Crippen molar-refractivity contribution in [3.8, 4) is 0 Å². The highest BCUT2D eigenvalue weighted by atomic mass is 16.3. The van der Waals surface area contributed by atoms with E-state index in [1.54, 1.807) is 0 Å². The zero-order valence-electron chi connectivity index (χ0n) is 20.2. The van der Waals surface area contributed by atoms with Gasteiger partial charge in [0.1, 0.15) is 0 Å². The van der Waals surface area contributed by atoms with Gasteiger partial charge in [0.2, 0.25) is 5.91 Å². The van der Waals surface area contributed by atoms with Gasteiger partial charge in [-0.15, -0.1) is 0 Å². The Morgan fingerprint density at radius 1 is 1.06 bits per heavy atom. The van der Waals surface area contributed by atoms with E-state index in [0.717, 1.165) is 63.7 Å². The van der Waals surface area contributed by atoms with Crippen molar-refractivity contribution in [1.82, 2.24) is 5.32 Å². The van der Waals surface area contributed by atoms with Crippen molar-refractivity contribution in [2.75, 3.05) is 6.61 Å². The minimum absolute atomic E-state index is 0.0130. The fourth-order valence-electron chi connectivity index (χ4n) is 8.73. The monoisotopic (exact) mass is 441 g/mol. The van der Waals surface area contributed by atoms with Crippen LogP contribution in [0.2, 0.25) is 0 Å².